The molecule has 0 bridgehead atoms. The molecule has 1 amide bonds. The molecule has 0 aliphatic heterocycles. The maximum atomic E-state index is 11.9. The standard InChI is InChI=1S/C16H30N4O/c1-8-14-12(5)19-20(13(14)6)11(4)9-16(7,15(17)21)18-10(2)3/h10-11,18H,8-9H2,1-7H3,(H2,17,21). The molecule has 1 heterocycles. The minimum absolute atomic E-state index is 0.104. The molecule has 0 fully saturated rings. The molecule has 0 radical (unpaired) electrons. The maximum absolute atomic E-state index is 11.9. The van der Waals surface area contributed by atoms with Crippen molar-refractivity contribution in [3.05, 3.63) is 17.0 Å². The molecule has 120 valence electrons. The number of aromatic nitrogens is 2. The highest BCUT2D eigenvalue weighted by molar-refractivity contribution is 5.84. The Hall–Kier alpha value is -1.36. The van der Waals surface area contributed by atoms with Crippen LogP contribution in [0.4, 0.5) is 0 Å². The Kier molecular flexibility index (Phi) is 5.56. The molecule has 0 saturated carbocycles. The van der Waals surface area contributed by atoms with Gasteiger partial charge in [0.25, 0.3) is 0 Å². The predicted molar refractivity (Wildman–Crippen MR) is 86.3 cm³/mol. The van der Waals surface area contributed by atoms with Gasteiger partial charge in [0, 0.05) is 11.7 Å². The fourth-order valence-corrected chi connectivity index (χ4v) is 3.18. The fourth-order valence-electron chi connectivity index (χ4n) is 3.18. The average molecular weight is 294 g/mol. The summed E-state index contributed by atoms with van der Waals surface area (Å²) >= 11 is 0. The molecule has 2 unspecified atom stereocenters. The van der Waals surface area contributed by atoms with Gasteiger partial charge in [-0.2, -0.15) is 5.10 Å². The molecule has 5 heteroatoms. The van der Waals surface area contributed by atoms with Crippen molar-refractivity contribution < 1.29 is 4.79 Å². The molecule has 21 heavy (non-hydrogen) atoms. The van der Waals surface area contributed by atoms with Crippen LogP contribution in [0.2, 0.25) is 0 Å². The summed E-state index contributed by atoms with van der Waals surface area (Å²) in [6, 6.07) is 0.300. The fraction of sp³-hybridized carbons (Fsp3) is 0.750. The summed E-state index contributed by atoms with van der Waals surface area (Å²) in [4.78, 5) is 11.9. The third kappa shape index (κ3) is 3.84. The van der Waals surface area contributed by atoms with Crippen molar-refractivity contribution in [3.63, 3.8) is 0 Å². The van der Waals surface area contributed by atoms with Crippen molar-refractivity contribution in [3.8, 4) is 0 Å². The van der Waals surface area contributed by atoms with Gasteiger partial charge in [-0.25, -0.2) is 0 Å². The van der Waals surface area contributed by atoms with Gasteiger partial charge in [-0.05, 0) is 59.9 Å². The van der Waals surface area contributed by atoms with Crippen LogP contribution in [0.1, 0.15) is 64.0 Å². The minimum atomic E-state index is -0.730. The summed E-state index contributed by atoms with van der Waals surface area (Å²) in [6.45, 7) is 14.3. The quantitative estimate of drug-likeness (QED) is 0.810. The van der Waals surface area contributed by atoms with Gasteiger partial charge in [-0.15, -0.1) is 0 Å². The monoisotopic (exact) mass is 294 g/mol. The van der Waals surface area contributed by atoms with Crippen LogP contribution in [0.3, 0.4) is 0 Å². The maximum Gasteiger partial charge on any atom is 0.237 e. The number of carbonyl (C=O) groups is 1. The van der Waals surface area contributed by atoms with Gasteiger partial charge in [0.15, 0.2) is 0 Å². The lowest BCUT2D eigenvalue weighted by molar-refractivity contribution is -0.124. The molecule has 0 saturated heterocycles. The van der Waals surface area contributed by atoms with Crippen LogP contribution >= 0.6 is 0 Å². The average Bonchev–Trinajstić information content (AvgIpc) is 2.63. The molecule has 0 spiro atoms. The highest BCUT2D eigenvalue weighted by atomic mass is 16.1. The Balaban J connectivity index is 3.03. The van der Waals surface area contributed by atoms with Gasteiger partial charge >= 0.3 is 0 Å². The number of primary amides is 1. The number of aryl methyl sites for hydroxylation is 1. The lowest BCUT2D eigenvalue weighted by Gasteiger charge is -2.32. The SMILES string of the molecule is CCc1c(C)nn(C(C)CC(C)(NC(C)C)C(N)=O)c1C. The zero-order chi connectivity index (χ0) is 16.4. The Labute approximate surface area is 128 Å². The van der Waals surface area contributed by atoms with Crippen LogP contribution in [0, 0.1) is 13.8 Å². The van der Waals surface area contributed by atoms with Crippen molar-refractivity contribution in [1.29, 1.82) is 0 Å². The Bertz CT molecular complexity index is 507. The second-order valence-electron chi connectivity index (χ2n) is 6.50. The van der Waals surface area contributed by atoms with Gasteiger partial charge < -0.3 is 11.1 Å². The molecule has 5 nitrogen and oxygen atoms in total. The van der Waals surface area contributed by atoms with E-state index in [2.05, 4.69) is 31.2 Å². The van der Waals surface area contributed by atoms with Crippen molar-refractivity contribution >= 4 is 5.91 Å². The summed E-state index contributed by atoms with van der Waals surface area (Å²) in [5.41, 5.74) is 8.42. The van der Waals surface area contributed by atoms with Gasteiger partial charge in [0.1, 0.15) is 0 Å². The van der Waals surface area contributed by atoms with E-state index in [1.54, 1.807) is 0 Å². The lowest BCUT2D eigenvalue weighted by Crippen LogP contribution is -2.56. The number of nitrogens with two attached hydrogens (primary N) is 1. The molecule has 0 aliphatic rings. The van der Waals surface area contributed by atoms with E-state index < -0.39 is 5.54 Å². The number of nitrogens with one attached hydrogen (secondary N) is 1. The topological polar surface area (TPSA) is 72.9 Å². The molecule has 1 rings (SSSR count). The van der Waals surface area contributed by atoms with E-state index in [4.69, 9.17) is 5.73 Å². The second-order valence-corrected chi connectivity index (χ2v) is 6.50. The van der Waals surface area contributed by atoms with E-state index in [9.17, 15) is 4.79 Å². The van der Waals surface area contributed by atoms with Crippen molar-refractivity contribution in [2.45, 2.75) is 78.9 Å². The second kappa shape index (κ2) is 6.60. The third-order valence-electron chi connectivity index (χ3n) is 4.10. The smallest absolute Gasteiger partial charge is 0.237 e. The zero-order valence-corrected chi connectivity index (χ0v) is 14.4. The first-order valence-electron chi connectivity index (χ1n) is 7.74. The van der Waals surface area contributed by atoms with E-state index in [1.165, 1.54) is 11.3 Å². The van der Waals surface area contributed by atoms with Gasteiger partial charge in [-0.1, -0.05) is 6.92 Å². The Morgan fingerprint density at radius 3 is 2.33 bits per heavy atom. The van der Waals surface area contributed by atoms with Crippen LogP contribution in [0.25, 0.3) is 0 Å². The van der Waals surface area contributed by atoms with Crippen LogP contribution in [-0.4, -0.2) is 27.3 Å². The molecule has 1 aromatic rings. The van der Waals surface area contributed by atoms with E-state index in [1.807, 2.05) is 32.4 Å². The summed E-state index contributed by atoms with van der Waals surface area (Å²) in [7, 11) is 0. The Morgan fingerprint density at radius 2 is 1.95 bits per heavy atom. The first-order chi connectivity index (χ1) is 9.62. The molecule has 3 N–H and O–H groups in total. The highest BCUT2D eigenvalue weighted by Crippen LogP contribution is 2.25. The first-order valence-corrected chi connectivity index (χ1v) is 7.74. The lowest BCUT2D eigenvalue weighted by atomic mass is 9.91. The normalized spacial score (nSPS) is 16.0. The van der Waals surface area contributed by atoms with E-state index in [0.29, 0.717) is 6.42 Å². The van der Waals surface area contributed by atoms with Crippen molar-refractivity contribution in [1.82, 2.24) is 15.1 Å². The largest absolute Gasteiger partial charge is 0.368 e. The van der Waals surface area contributed by atoms with Gasteiger partial charge in [-0.3, -0.25) is 9.48 Å². The minimum Gasteiger partial charge on any atom is -0.368 e. The van der Waals surface area contributed by atoms with E-state index in [-0.39, 0.29) is 18.0 Å². The van der Waals surface area contributed by atoms with Crippen LogP contribution < -0.4 is 11.1 Å². The predicted octanol–water partition coefficient (Wildman–Crippen LogP) is 2.26. The Morgan fingerprint density at radius 1 is 1.38 bits per heavy atom. The van der Waals surface area contributed by atoms with E-state index >= 15 is 0 Å². The molecular formula is C16H30N4O. The van der Waals surface area contributed by atoms with Gasteiger partial charge in [0.2, 0.25) is 5.91 Å². The molecule has 1 aromatic heterocycles. The number of hydrogen-bond donors (Lipinski definition) is 2. The summed E-state index contributed by atoms with van der Waals surface area (Å²) < 4.78 is 2.03. The van der Waals surface area contributed by atoms with Gasteiger partial charge in [0.05, 0.1) is 17.3 Å². The number of carbonyl (C=O) groups excluding carboxylic acids is 1. The molecular weight excluding hydrogens is 264 g/mol. The summed E-state index contributed by atoms with van der Waals surface area (Å²) in [5.74, 6) is -0.319. The van der Waals surface area contributed by atoms with Crippen LogP contribution in [0.5, 0.6) is 0 Å². The zero-order valence-electron chi connectivity index (χ0n) is 14.4. The number of amides is 1. The summed E-state index contributed by atoms with van der Waals surface area (Å²) in [5, 5.41) is 7.94. The first kappa shape index (κ1) is 17.7. The highest BCUT2D eigenvalue weighted by Gasteiger charge is 2.34. The number of hydrogen-bond acceptors (Lipinski definition) is 3. The van der Waals surface area contributed by atoms with Crippen molar-refractivity contribution in [2.24, 2.45) is 5.73 Å². The summed E-state index contributed by atoms with van der Waals surface area (Å²) in [6.07, 6.45) is 1.59. The molecule has 2 atom stereocenters. The number of nitrogens with zero attached hydrogens (tertiary/aromatic N) is 2. The van der Waals surface area contributed by atoms with Crippen LogP contribution in [-0.2, 0) is 11.2 Å². The molecule has 0 aliphatic carbocycles. The number of rotatable bonds is 7. The molecule has 0 aromatic carbocycles. The van der Waals surface area contributed by atoms with Crippen LogP contribution in [0.15, 0.2) is 0 Å². The third-order valence-corrected chi connectivity index (χ3v) is 4.10. The van der Waals surface area contributed by atoms with Crippen molar-refractivity contribution in [2.75, 3.05) is 0 Å². The van der Waals surface area contributed by atoms with E-state index in [0.717, 1.165) is 12.1 Å².